The molecule has 3 aromatic rings. The van der Waals surface area contributed by atoms with E-state index in [0.717, 1.165) is 6.42 Å². The molecule has 0 fully saturated rings. The van der Waals surface area contributed by atoms with Gasteiger partial charge in [0.15, 0.2) is 0 Å². The van der Waals surface area contributed by atoms with Crippen molar-refractivity contribution in [2.24, 2.45) is 0 Å². The first-order valence-electron chi connectivity index (χ1n) is 9.21. The molecule has 28 heavy (non-hydrogen) atoms. The Morgan fingerprint density at radius 3 is 2.75 bits per heavy atom. The number of rotatable bonds is 7. The molecule has 0 aliphatic heterocycles. The highest BCUT2D eigenvalue weighted by Crippen LogP contribution is 2.24. The van der Waals surface area contributed by atoms with Gasteiger partial charge in [0.2, 0.25) is 0 Å². The third-order valence-electron chi connectivity index (χ3n) is 4.14. The zero-order valence-electron chi connectivity index (χ0n) is 15.8. The molecule has 0 spiro atoms. The predicted octanol–water partition coefficient (Wildman–Crippen LogP) is 2.54. The summed E-state index contributed by atoms with van der Waals surface area (Å²) in [5, 5.41) is 2.98. The molecule has 0 aliphatic carbocycles. The first-order chi connectivity index (χ1) is 13.5. The van der Waals surface area contributed by atoms with E-state index in [2.05, 4.69) is 15.3 Å². The largest absolute Gasteiger partial charge is 0.491 e. The van der Waals surface area contributed by atoms with E-state index in [9.17, 15) is 14.4 Å². The highest BCUT2D eigenvalue weighted by molar-refractivity contribution is 6.06. The average molecular weight is 382 g/mol. The molecule has 8 nitrogen and oxygen atoms in total. The minimum atomic E-state index is -0.568. The normalized spacial score (nSPS) is 10.8. The van der Waals surface area contributed by atoms with Gasteiger partial charge in [-0.3, -0.25) is 19.1 Å². The van der Waals surface area contributed by atoms with Gasteiger partial charge in [-0.15, -0.1) is 0 Å². The highest BCUT2D eigenvalue weighted by atomic mass is 16.5. The Labute approximate surface area is 161 Å². The number of anilines is 1. The molecule has 2 aromatic heterocycles. The molecule has 0 bridgehead atoms. The van der Waals surface area contributed by atoms with Crippen molar-refractivity contribution < 1.29 is 9.53 Å². The van der Waals surface area contributed by atoms with Gasteiger partial charge in [-0.25, -0.2) is 9.78 Å². The Balaban J connectivity index is 1.95. The molecular weight excluding hydrogens is 360 g/mol. The third kappa shape index (κ3) is 3.95. The Bertz CT molecular complexity index is 1120. The number of nitrogens with zero attached hydrogens (tertiary/aromatic N) is 2. The number of para-hydroxylation sites is 2. The number of hydrogen-bond acceptors (Lipinski definition) is 5. The number of aryl methyl sites for hydroxylation is 1. The van der Waals surface area contributed by atoms with Crippen LogP contribution in [0.4, 0.5) is 5.69 Å². The van der Waals surface area contributed by atoms with Gasteiger partial charge in [0.05, 0.1) is 23.2 Å². The summed E-state index contributed by atoms with van der Waals surface area (Å²) in [7, 11) is 0. The van der Waals surface area contributed by atoms with E-state index in [0.29, 0.717) is 31.0 Å². The second-order valence-electron chi connectivity index (χ2n) is 6.30. The van der Waals surface area contributed by atoms with Crippen LogP contribution in [0.5, 0.6) is 5.75 Å². The standard InChI is InChI=1S/C20H22N4O4/c1-3-9-24-17-14(19(26)23-20(24)27)11-13(12-21-17)18(25)22-15-7-5-6-8-16(15)28-10-4-2/h5-8,11-12H,3-4,9-10H2,1-2H3,(H,22,25)(H,23,26,27). The minimum absolute atomic E-state index is 0.191. The molecule has 3 rings (SSSR count). The van der Waals surface area contributed by atoms with Crippen LogP contribution in [-0.4, -0.2) is 27.0 Å². The second-order valence-corrected chi connectivity index (χ2v) is 6.30. The first kappa shape index (κ1) is 19.3. The fourth-order valence-electron chi connectivity index (χ4n) is 2.83. The van der Waals surface area contributed by atoms with Crippen LogP contribution in [-0.2, 0) is 6.54 Å². The number of H-pyrrole nitrogens is 1. The van der Waals surface area contributed by atoms with E-state index >= 15 is 0 Å². The maximum Gasteiger partial charge on any atom is 0.329 e. The molecule has 0 saturated heterocycles. The Kier molecular flexibility index (Phi) is 5.88. The number of fused-ring (bicyclic) bond motifs is 1. The van der Waals surface area contributed by atoms with Crippen molar-refractivity contribution in [1.82, 2.24) is 14.5 Å². The molecule has 1 amide bonds. The number of benzene rings is 1. The minimum Gasteiger partial charge on any atom is -0.491 e. The van der Waals surface area contributed by atoms with Gasteiger partial charge >= 0.3 is 5.69 Å². The highest BCUT2D eigenvalue weighted by Gasteiger charge is 2.14. The number of ether oxygens (including phenoxy) is 1. The lowest BCUT2D eigenvalue weighted by molar-refractivity contribution is 0.102. The number of aromatic nitrogens is 3. The first-order valence-corrected chi connectivity index (χ1v) is 9.21. The quantitative estimate of drug-likeness (QED) is 0.653. The smallest absolute Gasteiger partial charge is 0.329 e. The van der Waals surface area contributed by atoms with Gasteiger partial charge in [0, 0.05) is 12.7 Å². The fourth-order valence-corrected chi connectivity index (χ4v) is 2.83. The van der Waals surface area contributed by atoms with E-state index in [-0.39, 0.29) is 16.6 Å². The number of nitrogens with one attached hydrogen (secondary N) is 2. The molecular formula is C20H22N4O4. The van der Waals surface area contributed by atoms with Crippen molar-refractivity contribution in [3.63, 3.8) is 0 Å². The monoisotopic (exact) mass is 382 g/mol. The zero-order chi connectivity index (χ0) is 20.1. The molecule has 8 heteroatoms. The predicted molar refractivity (Wildman–Crippen MR) is 107 cm³/mol. The lowest BCUT2D eigenvalue weighted by Gasteiger charge is -2.12. The van der Waals surface area contributed by atoms with Crippen molar-refractivity contribution in [2.75, 3.05) is 11.9 Å². The van der Waals surface area contributed by atoms with Gasteiger partial charge < -0.3 is 10.1 Å². The second kappa shape index (κ2) is 8.51. The molecule has 0 atom stereocenters. The summed E-state index contributed by atoms with van der Waals surface area (Å²) in [6, 6.07) is 8.57. The number of aromatic amines is 1. The van der Waals surface area contributed by atoms with Crippen LogP contribution >= 0.6 is 0 Å². The maximum atomic E-state index is 12.7. The number of hydrogen-bond donors (Lipinski definition) is 2. The van der Waals surface area contributed by atoms with Crippen molar-refractivity contribution in [1.29, 1.82) is 0 Å². The summed E-state index contributed by atoms with van der Waals surface area (Å²) in [6.07, 6.45) is 2.91. The topological polar surface area (TPSA) is 106 Å². The maximum absolute atomic E-state index is 12.7. The molecule has 2 N–H and O–H groups in total. The van der Waals surface area contributed by atoms with Crippen molar-refractivity contribution >= 4 is 22.6 Å². The summed E-state index contributed by atoms with van der Waals surface area (Å²) >= 11 is 0. The molecule has 0 unspecified atom stereocenters. The number of amides is 1. The molecule has 0 radical (unpaired) electrons. The Morgan fingerprint density at radius 1 is 1.21 bits per heavy atom. The Morgan fingerprint density at radius 2 is 2.00 bits per heavy atom. The summed E-state index contributed by atoms with van der Waals surface area (Å²) in [6.45, 7) is 4.88. The molecule has 146 valence electrons. The van der Waals surface area contributed by atoms with Crippen LogP contribution in [0, 0.1) is 0 Å². The third-order valence-corrected chi connectivity index (χ3v) is 4.14. The molecule has 0 saturated carbocycles. The van der Waals surface area contributed by atoms with Crippen LogP contribution in [0.3, 0.4) is 0 Å². The van der Waals surface area contributed by atoms with Crippen LogP contribution in [0.1, 0.15) is 37.0 Å². The van der Waals surface area contributed by atoms with E-state index in [1.54, 1.807) is 18.2 Å². The van der Waals surface area contributed by atoms with E-state index in [1.807, 2.05) is 19.9 Å². The van der Waals surface area contributed by atoms with Crippen LogP contribution < -0.4 is 21.3 Å². The van der Waals surface area contributed by atoms with Crippen LogP contribution in [0.2, 0.25) is 0 Å². The fraction of sp³-hybridized carbons (Fsp3) is 0.300. The van der Waals surface area contributed by atoms with Gasteiger partial charge in [-0.05, 0) is 31.0 Å². The van der Waals surface area contributed by atoms with Crippen LogP contribution in [0.25, 0.3) is 11.0 Å². The van der Waals surface area contributed by atoms with Gasteiger partial charge in [-0.2, -0.15) is 0 Å². The van der Waals surface area contributed by atoms with Crippen molar-refractivity contribution in [2.45, 2.75) is 33.2 Å². The molecule has 0 aliphatic rings. The zero-order valence-corrected chi connectivity index (χ0v) is 15.8. The van der Waals surface area contributed by atoms with Gasteiger partial charge in [0.1, 0.15) is 11.4 Å². The molecule has 2 heterocycles. The lowest BCUT2D eigenvalue weighted by atomic mass is 10.2. The lowest BCUT2D eigenvalue weighted by Crippen LogP contribution is -2.31. The number of carbonyl (C=O) groups excluding carboxylic acids is 1. The summed E-state index contributed by atoms with van der Waals surface area (Å²) in [5.41, 5.74) is -0.0676. The molecule has 1 aromatic carbocycles. The van der Waals surface area contributed by atoms with Gasteiger partial charge in [0.25, 0.3) is 11.5 Å². The SMILES string of the molecule is CCCOc1ccccc1NC(=O)c1cnc2c(c1)c(=O)[nH]c(=O)n2CCC. The van der Waals surface area contributed by atoms with E-state index < -0.39 is 17.2 Å². The van der Waals surface area contributed by atoms with Crippen molar-refractivity contribution in [3.8, 4) is 5.75 Å². The Hall–Kier alpha value is -3.42. The summed E-state index contributed by atoms with van der Waals surface area (Å²) < 4.78 is 7.04. The number of carbonyl (C=O) groups is 1. The average Bonchev–Trinajstić information content (AvgIpc) is 2.70. The van der Waals surface area contributed by atoms with Crippen molar-refractivity contribution in [3.05, 3.63) is 62.9 Å². The van der Waals surface area contributed by atoms with Gasteiger partial charge in [-0.1, -0.05) is 26.0 Å². The van der Waals surface area contributed by atoms with Crippen LogP contribution in [0.15, 0.2) is 46.1 Å². The summed E-state index contributed by atoms with van der Waals surface area (Å²) in [5.74, 6) is 0.149. The van der Waals surface area contributed by atoms with E-state index in [1.165, 1.54) is 16.8 Å². The summed E-state index contributed by atoms with van der Waals surface area (Å²) in [4.78, 5) is 43.4. The van der Waals surface area contributed by atoms with E-state index in [4.69, 9.17) is 4.74 Å². The number of pyridine rings is 1.